The Labute approximate surface area is 253 Å². The van der Waals surface area contributed by atoms with Gasteiger partial charge < -0.3 is 0 Å². The lowest BCUT2D eigenvalue weighted by atomic mass is 9.82. The quantitative estimate of drug-likeness (QED) is 0.157. The standard InChI is InChI=1S/C40H24/c1-2-10-26(11-3-1)37-31-15-6-7-16-32(31)40(39-30-14-5-4-9-25(30)19-24-35(37)39)34-23-21-29-18-17-27-12-8-13-28-20-22-33(34)38(29)36(27)28/h1-24H/i1D,2D,3D,4D,5D,6D,7D,9D,10D,11D,14D,15D,16D,19D,24D. The van der Waals surface area contributed by atoms with Crippen molar-refractivity contribution in [3.05, 3.63) is 145 Å². The van der Waals surface area contributed by atoms with Gasteiger partial charge in [0.1, 0.15) is 0 Å². The van der Waals surface area contributed by atoms with Gasteiger partial charge in [0.2, 0.25) is 0 Å². The highest BCUT2D eigenvalue weighted by Gasteiger charge is 2.20. The predicted molar refractivity (Wildman–Crippen MR) is 174 cm³/mol. The maximum absolute atomic E-state index is 9.54. The molecule has 0 aliphatic rings. The molecular weight excluding hydrogens is 480 g/mol. The van der Waals surface area contributed by atoms with Gasteiger partial charge in [0, 0.05) is 0 Å². The molecule has 0 aromatic heterocycles. The first-order valence-corrected chi connectivity index (χ1v) is 12.7. The minimum absolute atomic E-state index is 0.0783. The second-order valence-electron chi connectivity index (χ2n) is 9.72. The van der Waals surface area contributed by atoms with E-state index >= 15 is 0 Å². The van der Waals surface area contributed by atoms with E-state index in [0.29, 0.717) is 10.9 Å². The number of benzene rings is 9. The second kappa shape index (κ2) is 8.15. The average molecular weight is 520 g/mol. The molecule has 0 fully saturated rings. The molecule has 0 N–H and O–H groups in total. The summed E-state index contributed by atoms with van der Waals surface area (Å²) < 4.78 is 134. The third-order valence-electron chi connectivity index (χ3n) is 7.74. The normalized spacial score (nSPS) is 17.2. The molecule has 0 bridgehead atoms. The van der Waals surface area contributed by atoms with Crippen LogP contribution in [0.3, 0.4) is 0 Å². The van der Waals surface area contributed by atoms with Gasteiger partial charge in [-0.3, -0.25) is 0 Å². The molecule has 0 saturated carbocycles. The van der Waals surface area contributed by atoms with Crippen LogP contribution in [0.2, 0.25) is 0 Å². The van der Waals surface area contributed by atoms with Crippen molar-refractivity contribution in [3.63, 3.8) is 0 Å². The Bertz CT molecular complexity index is 3220. The Morgan fingerprint density at radius 3 is 1.77 bits per heavy atom. The first-order chi connectivity index (χ1) is 26.1. The maximum Gasteiger partial charge on any atom is 0.0630 e. The van der Waals surface area contributed by atoms with Crippen molar-refractivity contribution >= 4 is 64.6 Å². The average Bonchev–Trinajstić information content (AvgIpc) is 3.18. The zero-order valence-corrected chi connectivity index (χ0v) is 20.7. The summed E-state index contributed by atoms with van der Waals surface area (Å²) in [6.45, 7) is 0. The highest BCUT2D eigenvalue weighted by Crippen LogP contribution is 2.48. The molecule has 9 rings (SSSR count). The first-order valence-electron chi connectivity index (χ1n) is 20.2. The summed E-state index contributed by atoms with van der Waals surface area (Å²) in [4.78, 5) is 0. The van der Waals surface area contributed by atoms with Crippen LogP contribution in [0.5, 0.6) is 0 Å². The van der Waals surface area contributed by atoms with Crippen molar-refractivity contribution < 1.29 is 20.6 Å². The van der Waals surface area contributed by atoms with Crippen LogP contribution in [0.4, 0.5) is 0 Å². The van der Waals surface area contributed by atoms with Gasteiger partial charge in [-0.25, -0.2) is 0 Å². The highest BCUT2D eigenvalue weighted by molar-refractivity contribution is 6.32. The lowest BCUT2D eigenvalue weighted by molar-refractivity contribution is 1.67. The van der Waals surface area contributed by atoms with E-state index in [0.717, 1.165) is 26.9 Å². The smallest absolute Gasteiger partial charge is 0.0622 e. The monoisotopic (exact) mass is 519 g/mol. The molecule has 0 nitrogen and oxygen atoms in total. The first kappa shape index (κ1) is 11.9. The van der Waals surface area contributed by atoms with E-state index in [-0.39, 0.29) is 43.4 Å². The van der Waals surface area contributed by atoms with Crippen molar-refractivity contribution in [2.45, 2.75) is 0 Å². The number of hydrogen-bond donors (Lipinski definition) is 0. The summed E-state index contributed by atoms with van der Waals surface area (Å²) in [5.41, 5.74) is -0.358. The van der Waals surface area contributed by atoms with Gasteiger partial charge in [0.25, 0.3) is 0 Å². The Morgan fingerprint density at radius 1 is 0.350 bits per heavy atom. The van der Waals surface area contributed by atoms with E-state index in [9.17, 15) is 6.85 Å². The molecule has 9 aromatic carbocycles. The van der Waals surface area contributed by atoms with Crippen molar-refractivity contribution in [3.8, 4) is 22.3 Å². The van der Waals surface area contributed by atoms with Gasteiger partial charge in [-0.05, 0) is 86.9 Å². The zero-order chi connectivity index (χ0) is 39.3. The number of hydrogen-bond acceptors (Lipinski definition) is 0. The molecular formula is C40H24. The van der Waals surface area contributed by atoms with Crippen LogP contribution in [0.25, 0.3) is 86.9 Å². The molecule has 0 heteroatoms. The van der Waals surface area contributed by atoms with Crippen LogP contribution in [-0.2, 0) is 0 Å². The topological polar surface area (TPSA) is 0 Å². The van der Waals surface area contributed by atoms with Crippen molar-refractivity contribution in [2.24, 2.45) is 0 Å². The van der Waals surface area contributed by atoms with Crippen molar-refractivity contribution in [1.29, 1.82) is 0 Å². The second-order valence-corrected chi connectivity index (χ2v) is 9.72. The lowest BCUT2D eigenvalue weighted by Crippen LogP contribution is -1.93. The predicted octanol–water partition coefficient (Wildman–Crippen LogP) is 11.4. The molecule has 0 atom stereocenters. The Morgan fingerprint density at radius 2 is 0.975 bits per heavy atom. The summed E-state index contributed by atoms with van der Waals surface area (Å²) in [6, 6.07) is 7.29. The van der Waals surface area contributed by atoms with Crippen LogP contribution >= 0.6 is 0 Å². The summed E-state index contributed by atoms with van der Waals surface area (Å²) in [5.74, 6) is 0. The van der Waals surface area contributed by atoms with Crippen LogP contribution in [0.1, 0.15) is 20.6 Å². The fourth-order valence-electron chi connectivity index (χ4n) is 6.13. The molecule has 0 unspecified atom stereocenters. The molecule has 184 valence electrons. The molecule has 0 aliphatic carbocycles. The van der Waals surface area contributed by atoms with E-state index in [4.69, 9.17) is 13.7 Å². The fraction of sp³-hybridized carbons (Fsp3) is 0. The third kappa shape index (κ3) is 2.91. The molecule has 0 spiro atoms. The van der Waals surface area contributed by atoms with Gasteiger partial charge in [0.15, 0.2) is 0 Å². The fourth-order valence-corrected chi connectivity index (χ4v) is 6.13. The molecule has 0 heterocycles. The minimum Gasteiger partial charge on any atom is -0.0622 e. The van der Waals surface area contributed by atoms with E-state index in [2.05, 4.69) is 0 Å². The van der Waals surface area contributed by atoms with E-state index in [1.165, 1.54) is 0 Å². The van der Waals surface area contributed by atoms with Gasteiger partial charge >= 0.3 is 0 Å². The lowest BCUT2D eigenvalue weighted by Gasteiger charge is -2.21. The van der Waals surface area contributed by atoms with Gasteiger partial charge in [-0.2, -0.15) is 0 Å². The Hall–Kier alpha value is -5.20. The van der Waals surface area contributed by atoms with E-state index in [1.54, 1.807) is 6.07 Å². The summed E-state index contributed by atoms with van der Waals surface area (Å²) >= 11 is 0. The van der Waals surface area contributed by atoms with Crippen LogP contribution in [-0.4, -0.2) is 0 Å². The molecule has 0 amide bonds. The summed E-state index contributed by atoms with van der Waals surface area (Å²) in [6.07, 6.45) is 0. The van der Waals surface area contributed by atoms with Gasteiger partial charge in [0.05, 0.1) is 20.6 Å². The third-order valence-corrected chi connectivity index (χ3v) is 7.74. The largest absolute Gasteiger partial charge is 0.0630 e. The van der Waals surface area contributed by atoms with Crippen LogP contribution < -0.4 is 0 Å². The SMILES string of the molecule is [2H]c1c([2H])c([2H])c(-c2c3c([2H])c([2H])c([2H])c([2H])c3c(-c3ccc4ccc5cccc6ccc3c4c56)c3c2c([2H])c([2H])c2c([2H])c([2H])c([2H])c([2H])c23)c([2H])c1[2H]. The highest BCUT2D eigenvalue weighted by atomic mass is 14.2. The molecule has 9 aromatic rings. The van der Waals surface area contributed by atoms with Gasteiger partial charge in [-0.15, -0.1) is 0 Å². The number of rotatable bonds is 2. The number of fused-ring (bicyclic) bond motifs is 4. The Kier molecular flexibility index (Phi) is 2.42. The van der Waals surface area contributed by atoms with E-state index in [1.807, 2.05) is 48.5 Å². The molecule has 0 aliphatic heterocycles. The van der Waals surface area contributed by atoms with Crippen LogP contribution in [0, 0.1) is 0 Å². The zero-order valence-electron chi connectivity index (χ0n) is 35.7. The Balaban J connectivity index is 1.71. The maximum atomic E-state index is 9.54. The summed E-state index contributed by atoms with van der Waals surface area (Å²) in [7, 11) is 0. The molecule has 0 saturated heterocycles. The van der Waals surface area contributed by atoms with Crippen molar-refractivity contribution in [1.82, 2.24) is 0 Å². The molecule has 0 radical (unpaired) electrons. The van der Waals surface area contributed by atoms with Crippen molar-refractivity contribution in [2.75, 3.05) is 0 Å². The van der Waals surface area contributed by atoms with Crippen LogP contribution in [0.15, 0.2) is 145 Å². The molecule has 40 heavy (non-hydrogen) atoms. The van der Waals surface area contributed by atoms with E-state index < -0.39 is 96.2 Å². The minimum atomic E-state index is -0.741. The van der Waals surface area contributed by atoms with Gasteiger partial charge in [-0.1, -0.05) is 145 Å². The summed E-state index contributed by atoms with van der Waals surface area (Å²) in [5, 5.41) is 3.80.